The maximum absolute atomic E-state index is 13.9. The van der Waals surface area contributed by atoms with Gasteiger partial charge in [0, 0.05) is 37.0 Å². The third-order valence-electron chi connectivity index (χ3n) is 8.29. The van der Waals surface area contributed by atoms with Gasteiger partial charge in [-0.05, 0) is 88.8 Å². The number of nitrogens with zero attached hydrogens (tertiary/aromatic N) is 1. The van der Waals surface area contributed by atoms with E-state index < -0.39 is 17.1 Å². The van der Waals surface area contributed by atoms with Crippen molar-refractivity contribution in [2.45, 2.75) is 96.4 Å². The van der Waals surface area contributed by atoms with Crippen LogP contribution in [0.2, 0.25) is 0 Å². The van der Waals surface area contributed by atoms with Crippen LogP contribution in [0.4, 0.5) is 0 Å². The predicted molar refractivity (Wildman–Crippen MR) is 174 cm³/mol. The summed E-state index contributed by atoms with van der Waals surface area (Å²) >= 11 is 1.75. The fourth-order valence-electron chi connectivity index (χ4n) is 5.81. The Morgan fingerprint density at radius 3 is 2.23 bits per heavy atom. The standard InChI is InChI=1S/C35H49N3O4S/c1-34(2,3)42-32(40)29-17-11-16-28(22-29)31(39)37-35(4,25-43-24-27-14-9-6-10-15-27)33(41)36-30-18-20-38(21-19-30)23-26-12-7-5-8-13-26/h5,7-8,11-13,16-17,22,27,30H,6,9-10,14-15,18-21,23-25H2,1-4H3,(H,36,41)(H,37,39). The molecule has 0 aromatic heterocycles. The Morgan fingerprint density at radius 1 is 0.884 bits per heavy atom. The van der Waals surface area contributed by atoms with Crippen molar-refractivity contribution in [2.24, 2.45) is 5.92 Å². The molecule has 1 atom stereocenters. The first-order chi connectivity index (χ1) is 20.5. The quantitative estimate of drug-likeness (QED) is 0.295. The van der Waals surface area contributed by atoms with Gasteiger partial charge in [0.25, 0.3) is 5.91 Å². The average molecular weight is 608 g/mol. The number of piperidine rings is 1. The van der Waals surface area contributed by atoms with E-state index in [2.05, 4.69) is 39.8 Å². The summed E-state index contributed by atoms with van der Waals surface area (Å²) in [4.78, 5) is 42.5. The largest absolute Gasteiger partial charge is 0.456 e. The summed E-state index contributed by atoms with van der Waals surface area (Å²) < 4.78 is 5.49. The van der Waals surface area contributed by atoms with E-state index in [1.54, 1.807) is 36.0 Å². The fourth-order valence-corrected chi connectivity index (χ4v) is 7.21. The van der Waals surface area contributed by atoms with Gasteiger partial charge >= 0.3 is 5.97 Å². The number of likely N-dealkylation sites (tertiary alicyclic amines) is 1. The maximum atomic E-state index is 13.9. The molecule has 1 aliphatic heterocycles. The number of ether oxygens (including phenoxy) is 1. The molecule has 2 amide bonds. The second-order valence-corrected chi connectivity index (χ2v) is 14.4. The molecule has 0 radical (unpaired) electrons. The number of amides is 2. The van der Waals surface area contributed by atoms with Crippen LogP contribution in [-0.2, 0) is 16.1 Å². The van der Waals surface area contributed by atoms with Crippen molar-refractivity contribution in [3.8, 4) is 0 Å². The Hall–Kier alpha value is -2.84. The van der Waals surface area contributed by atoms with E-state index in [9.17, 15) is 14.4 Å². The van der Waals surface area contributed by atoms with Crippen molar-refractivity contribution in [2.75, 3.05) is 24.6 Å². The van der Waals surface area contributed by atoms with E-state index in [1.807, 2.05) is 33.8 Å². The molecule has 1 aliphatic carbocycles. The zero-order valence-corrected chi connectivity index (χ0v) is 27.1. The molecule has 0 spiro atoms. The van der Waals surface area contributed by atoms with Crippen LogP contribution in [0.5, 0.6) is 0 Å². The number of nitrogens with one attached hydrogen (secondary N) is 2. The lowest BCUT2D eigenvalue weighted by Gasteiger charge is -2.36. The summed E-state index contributed by atoms with van der Waals surface area (Å²) in [6.07, 6.45) is 8.07. The monoisotopic (exact) mass is 607 g/mol. The number of rotatable bonds is 11. The van der Waals surface area contributed by atoms with Gasteiger partial charge in [-0.25, -0.2) is 4.79 Å². The van der Waals surface area contributed by atoms with Crippen LogP contribution in [0.15, 0.2) is 54.6 Å². The highest BCUT2D eigenvalue weighted by Crippen LogP contribution is 2.28. The van der Waals surface area contributed by atoms with E-state index in [1.165, 1.54) is 37.7 Å². The molecule has 1 saturated heterocycles. The second kappa shape index (κ2) is 15.2. The van der Waals surface area contributed by atoms with E-state index in [0.717, 1.165) is 38.2 Å². The van der Waals surface area contributed by atoms with Gasteiger partial charge in [-0.15, -0.1) is 0 Å². The van der Waals surface area contributed by atoms with Crippen LogP contribution in [0, 0.1) is 5.92 Å². The average Bonchev–Trinajstić information content (AvgIpc) is 2.98. The molecule has 0 bridgehead atoms. The molecule has 2 N–H and O–H groups in total. The van der Waals surface area contributed by atoms with Gasteiger partial charge in [0.05, 0.1) is 5.56 Å². The zero-order chi connectivity index (χ0) is 30.9. The molecule has 4 rings (SSSR count). The third kappa shape index (κ3) is 10.4. The minimum atomic E-state index is -1.10. The lowest BCUT2D eigenvalue weighted by molar-refractivity contribution is -0.127. The highest BCUT2D eigenvalue weighted by atomic mass is 32.2. The number of thioether (sulfide) groups is 1. The third-order valence-corrected chi connectivity index (χ3v) is 9.78. The summed E-state index contributed by atoms with van der Waals surface area (Å²) in [5, 5.41) is 6.34. The topological polar surface area (TPSA) is 87.7 Å². The Bertz CT molecular complexity index is 1220. The first kappa shape index (κ1) is 33.1. The van der Waals surface area contributed by atoms with Crippen LogP contribution in [0.1, 0.15) is 98.9 Å². The van der Waals surface area contributed by atoms with Gasteiger partial charge < -0.3 is 15.4 Å². The summed E-state index contributed by atoms with van der Waals surface area (Å²) in [6.45, 7) is 10.00. The van der Waals surface area contributed by atoms with Gasteiger partial charge in [-0.1, -0.05) is 55.7 Å². The number of carbonyl (C=O) groups excluding carboxylic acids is 3. The van der Waals surface area contributed by atoms with Gasteiger partial charge in [-0.2, -0.15) is 11.8 Å². The lowest BCUT2D eigenvalue weighted by Crippen LogP contribution is -2.61. The molecule has 2 aliphatic rings. The van der Waals surface area contributed by atoms with Crippen molar-refractivity contribution >= 4 is 29.5 Å². The minimum absolute atomic E-state index is 0.0644. The van der Waals surface area contributed by atoms with Gasteiger partial charge in [0.1, 0.15) is 11.1 Å². The van der Waals surface area contributed by atoms with Crippen LogP contribution >= 0.6 is 11.8 Å². The van der Waals surface area contributed by atoms with Gasteiger partial charge in [0.2, 0.25) is 5.91 Å². The SMILES string of the molecule is CC(C)(C)OC(=O)c1cccc(C(=O)NC(C)(CSCC2CCCCC2)C(=O)NC2CCN(Cc3ccccc3)CC2)c1. The van der Waals surface area contributed by atoms with E-state index in [-0.39, 0.29) is 17.9 Å². The summed E-state index contributed by atoms with van der Waals surface area (Å²) in [6, 6.07) is 17.1. The second-order valence-electron chi connectivity index (χ2n) is 13.4. The van der Waals surface area contributed by atoms with E-state index in [4.69, 9.17) is 4.74 Å². The highest BCUT2D eigenvalue weighted by Gasteiger charge is 2.37. The van der Waals surface area contributed by atoms with Crippen molar-refractivity contribution in [3.05, 3.63) is 71.3 Å². The molecule has 1 heterocycles. The number of carbonyl (C=O) groups is 3. The molecule has 1 saturated carbocycles. The minimum Gasteiger partial charge on any atom is -0.456 e. The number of hydrogen-bond donors (Lipinski definition) is 2. The van der Waals surface area contributed by atoms with E-state index in [0.29, 0.717) is 22.8 Å². The summed E-state index contributed by atoms with van der Waals surface area (Å²) in [5.74, 6) is 1.14. The fraction of sp³-hybridized carbons (Fsp3) is 0.571. The molecule has 43 heavy (non-hydrogen) atoms. The van der Waals surface area contributed by atoms with Crippen molar-refractivity contribution in [1.29, 1.82) is 0 Å². The molecule has 2 aromatic carbocycles. The Balaban J connectivity index is 1.40. The summed E-state index contributed by atoms with van der Waals surface area (Å²) in [5.41, 5.74) is 0.196. The van der Waals surface area contributed by atoms with Crippen molar-refractivity contribution < 1.29 is 19.1 Å². The molecular formula is C35H49N3O4S. The molecule has 7 nitrogen and oxygen atoms in total. The Morgan fingerprint density at radius 2 is 1.56 bits per heavy atom. The van der Waals surface area contributed by atoms with Gasteiger partial charge in [0.15, 0.2) is 0 Å². The Labute approximate surface area is 261 Å². The molecule has 234 valence electrons. The van der Waals surface area contributed by atoms with Crippen molar-refractivity contribution in [3.63, 3.8) is 0 Å². The van der Waals surface area contributed by atoms with Gasteiger partial charge in [-0.3, -0.25) is 14.5 Å². The Kier molecular flexibility index (Phi) is 11.7. The van der Waals surface area contributed by atoms with Crippen LogP contribution in [0.3, 0.4) is 0 Å². The summed E-state index contributed by atoms with van der Waals surface area (Å²) in [7, 11) is 0. The van der Waals surface area contributed by atoms with E-state index >= 15 is 0 Å². The molecule has 1 unspecified atom stereocenters. The molecule has 2 aromatic rings. The highest BCUT2D eigenvalue weighted by molar-refractivity contribution is 7.99. The number of hydrogen-bond acceptors (Lipinski definition) is 6. The first-order valence-electron chi connectivity index (χ1n) is 15.8. The number of esters is 1. The maximum Gasteiger partial charge on any atom is 0.338 e. The first-order valence-corrected chi connectivity index (χ1v) is 17.0. The zero-order valence-electron chi connectivity index (χ0n) is 26.3. The molecular weight excluding hydrogens is 558 g/mol. The molecule has 8 heteroatoms. The van der Waals surface area contributed by atoms with Crippen LogP contribution in [0.25, 0.3) is 0 Å². The number of benzene rings is 2. The predicted octanol–water partition coefficient (Wildman–Crippen LogP) is 6.22. The lowest BCUT2D eigenvalue weighted by atomic mass is 9.91. The van der Waals surface area contributed by atoms with Crippen molar-refractivity contribution in [1.82, 2.24) is 15.5 Å². The smallest absolute Gasteiger partial charge is 0.338 e. The van der Waals surface area contributed by atoms with Crippen LogP contribution in [-0.4, -0.2) is 64.5 Å². The molecule has 2 fully saturated rings. The van der Waals surface area contributed by atoms with Crippen LogP contribution < -0.4 is 10.6 Å². The normalized spacial score (nSPS) is 18.4.